The second-order valence-corrected chi connectivity index (χ2v) is 21.9. The van der Waals surface area contributed by atoms with Gasteiger partial charge in [-0.2, -0.15) is 0 Å². The summed E-state index contributed by atoms with van der Waals surface area (Å²) in [4.78, 5) is 2.64. The van der Waals surface area contributed by atoms with Crippen molar-refractivity contribution in [3.8, 4) is 22.3 Å². The maximum atomic E-state index is 6.77. The van der Waals surface area contributed by atoms with Crippen molar-refractivity contribution in [1.82, 2.24) is 0 Å². The molecule has 0 saturated carbocycles. The Kier molecular flexibility index (Phi) is 7.65. The zero-order chi connectivity index (χ0) is 45.3. The summed E-state index contributed by atoms with van der Waals surface area (Å²) in [5.41, 5.74) is 22.9. The van der Waals surface area contributed by atoms with Gasteiger partial charge in [0.1, 0.15) is 11.2 Å². The molecule has 2 aliphatic heterocycles. The predicted octanol–water partition coefficient (Wildman–Crippen LogP) is 15.8. The zero-order valence-corrected chi connectivity index (χ0v) is 39.3. The van der Waals surface area contributed by atoms with Crippen molar-refractivity contribution in [2.24, 2.45) is 0 Å². The van der Waals surface area contributed by atoms with Crippen LogP contribution in [-0.4, -0.2) is 7.28 Å². The third-order valence-corrected chi connectivity index (χ3v) is 17.5. The standard InChI is InChI=1S/C63H46BN2OS/c1-61(2)30-31-62(3,4)50-32-36(28-29-47(50)61)65-52-34-42-39-18-7-13-26-54(39)67-55(42)35-41(52)43-33-44-40-19-8-14-27-56(40)68-60(44)59-57(43)64-51-24-15-23-49-58(51)66(59)53-25-12-11-22-48(53)63(49)45-20-9-5-16-37(45)38-17-6-10-21-46(38)63/h5-29,32-35,65H,30-31H2,1-4H3. The molecule has 9 aromatic carbocycles. The van der Waals surface area contributed by atoms with E-state index in [1.165, 1.54) is 105 Å². The van der Waals surface area contributed by atoms with Crippen LogP contribution in [0.5, 0.6) is 0 Å². The monoisotopic (exact) mass is 889 g/mol. The van der Waals surface area contributed by atoms with Crippen LogP contribution in [0.3, 0.4) is 0 Å². The molecule has 0 unspecified atom stereocenters. The van der Waals surface area contributed by atoms with Gasteiger partial charge in [0.05, 0.1) is 21.5 Å². The molecule has 11 aromatic rings. The Bertz CT molecular complexity index is 3970. The summed E-state index contributed by atoms with van der Waals surface area (Å²) in [6.45, 7) is 9.63. The molecule has 323 valence electrons. The van der Waals surface area contributed by atoms with Crippen LogP contribution >= 0.6 is 11.3 Å². The number of thiophene rings is 1. The second-order valence-electron chi connectivity index (χ2n) is 20.9. The quantitative estimate of drug-likeness (QED) is 0.179. The minimum absolute atomic E-state index is 0.0768. The first-order chi connectivity index (χ1) is 33.2. The van der Waals surface area contributed by atoms with E-state index in [0.29, 0.717) is 0 Å². The number of hydrogen-bond acceptors (Lipinski definition) is 4. The largest absolute Gasteiger partial charge is 0.456 e. The molecule has 1 spiro atoms. The summed E-state index contributed by atoms with van der Waals surface area (Å²) in [5, 5.41) is 8.84. The van der Waals surface area contributed by atoms with Crippen molar-refractivity contribution in [3.63, 3.8) is 0 Å². The Morgan fingerprint density at radius 2 is 1.18 bits per heavy atom. The van der Waals surface area contributed by atoms with Crippen molar-refractivity contribution >= 4 is 100 Å². The Morgan fingerprint density at radius 3 is 1.99 bits per heavy atom. The van der Waals surface area contributed by atoms with Gasteiger partial charge in [0.2, 0.25) is 0 Å². The molecular formula is C63H46BN2OS. The molecule has 0 amide bonds. The molecule has 0 fully saturated rings. The van der Waals surface area contributed by atoms with E-state index in [0.717, 1.165) is 45.3 Å². The van der Waals surface area contributed by atoms with E-state index in [4.69, 9.17) is 4.42 Å². The van der Waals surface area contributed by atoms with Crippen LogP contribution in [0.4, 0.5) is 28.4 Å². The van der Waals surface area contributed by atoms with Gasteiger partial charge in [-0.25, -0.2) is 0 Å². The van der Waals surface area contributed by atoms with E-state index >= 15 is 0 Å². The topological polar surface area (TPSA) is 28.4 Å². The normalized spacial score (nSPS) is 16.3. The van der Waals surface area contributed by atoms with Crippen LogP contribution in [0.15, 0.2) is 180 Å². The summed E-state index contributed by atoms with van der Waals surface area (Å²) in [7, 11) is 2.49. The van der Waals surface area contributed by atoms with Gasteiger partial charge in [0.15, 0.2) is 7.28 Å². The summed E-state index contributed by atoms with van der Waals surface area (Å²) in [6.07, 6.45) is 2.34. The van der Waals surface area contributed by atoms with Gasteiger partial charge in [0.25, 0.3) is 0 Å². The molecule has 0 saturated heterocycles. The Labute approximate surface area is 400 Å². The van der Waals surface area contributed by atoms with Crippen molar-refractivity contribution in [2.45, 2.75) is 56.8 Å². The molecule has 2 aromatic heterocycles. The van der Waals surface area contributed by atoms with Gasteiger partial charge in [0, 0.05) is 48.9 Å². The lowest BCUT2D eigenvalue weighted by atomic mass is 9.54. The predicted molar refractivity (Wildman–Crippen MR) is 288 cm³/mol. The number of benzene rings is 9. The highest BCUT2D eigenvalue weighted by atomic mass is 32.1. The van der Waals surface area contributed by atoms with Crippen LogP contribution in [0, 0.1) is 0 Å². The maximum Gasteiger partial charge on any atom is 0.197 e. The van der Waals surface area contributed by atoms with Crippen molar-refractivity contribution in [1.29, 1.82) is 0 Å². The highest BCUT2D eigenvalue weighted by Crippen LogP contribution is 2.64. The molecule has 68 heavy (non-hydrogen) atoms. The molecule has 15 rings (SSSR count). The molecule has 4 heterocycles. The van der Waals surface area contributed by atoms with Gasteiger partial charge in [-0.3, -0.25) is 0 Å². The summed E-state index contributed by atoms with van der Waals surface area (Å²) >= 11 is 1.91. The lowest BCUT2D eigenvalue weighted by Crippen LogP contribution is -2.47. The zero-order valence-electron chi connectivity index (χ0n) is 38.5. The van der Waals surface area contributed by atoms with Gasteiger partial charge in [-0.15, -0.1) is 11.3 Å². The van der Waals surface area contributed by atoms with E-state index in [-0.39, 0.29) is 10.8 Å². The third kappa shape index (κ3) is 4.99. The molecule has 3 nitrogen and oxygen atoms in total. The van der Waals surface area contributed by atoms with Crippen LogP contribution in [0.2, 0.25) is 0 Å². The maximum absolute atomic E-state index is 6.77. The number of nitrogens with one attached hydrogen (secondary N) is 1. The fourth-order valence-electron chi connectivity index (χ4n) is 13.1. The fourth-order valence-corrected chi connectivity index (χ4v) is 14.3. The highest BCUT2D eigenvalue weighted by molar-refractivity contribution is 7.26. The minimum Gasteiger partial charge on any atom is -0.456 e. The second kappa shape index (κ2) is 13.4. The third-order valence-electron chi connectivity index (χ3n) is 16.3. The van der Waals surface area contributed by atoms with Gasteiger partial charge in [-0.1, -0.05) is 161 Å². The highest BCUT2D eigenvalue weighted by Gasteiger charge is 2.53. The molecule has 1 N–H and O–H groups in total. The molecule has 0 bridgehead atoms. The summed E-state index contributed by atoms with van der Waals surface area (Å²) in [5.74, 6) is 0. The molecular weight excluding hydrogens is 844 g/mol. The number of furan rings is 1. The Morgan fingerprint density at radius 1 is 0.500 bits per heavy atom. The van der Waals surface area contributed by atoms with Crippen LogP contribution < -0.4 is 21.1 Å². The van der Waals surface area contributed by atoms with Crippen molar-refractivity contribution in [2.75, 3.05) is 10.2 Å². The number of hydrogen-bond donors (Lipinski definition) is 1. The first-order valence-electron chi connectivity index (χ1n) is 24.1. The van der Waals surface area contributed by atoms with E-state index < -0.39 is 5.41 Å². The number of anilines is 5. The number of nitrogens with zero attached hydrogens (tertiary/aromatic N) is 1. The first-order valence-corrected chi connectivity index (χ1v) is 24.9. The van der Waals surface area contributed by atoms with Crippen LogP contribution in [-0.2, 0) is 16.2 Å². The van der Waals surface area contributed by atoms with E-state index in [9.17, 15) is 0 Å². The average Bonchev–Trinajstić information content (AvgIpc) is 4.02. The molecule has 5 heteroatoms. The molecule has 1 radical (unpaired) electrons. The number of rotatable bonds is 3. The van der Waals surface area contributed by atoms with Gasteiger partial charge < -0.3 is 14.6 Å². The summed E-state index contributed by atoms with van der Waals surface area (Å²) in [6, 6.07) is 66.2. The lowest BCUT2D eigenvalue weighted by molar-refractivity contribution is 0.332. The Hall–Kier alpha value is -7.34. The molecule has 0 atom stereocenters. The fraction of sp³-hybridized carbons (Fsp3) is 0.143. The lowest BCUT2D eigenvalue weighted by Gasteiger charge is -2.48. The van der Waals surface area contributed by atoms with Crippen molar-refractivity contribution < 1.29 is 4.42 Å². The average molecular weight is 890 g/mol. The van der Waals surface area contributed by atoms with E-state index in [1.54, 1.807) is 0 Å². The van der Waals surface area contributed by atoms with Crippen LogP contribution in [0.1, 0.15) is 73.9 Å². The molecule has 4 aliphatic rings. The Balaban J connectivity index is 1.03. The summed E-state index contributed by atoms with van der Waals surface area (Å²) < 4.78 is 9.34. The van der Waals surface area contributed by atoms with Crippen LogP contribution in [0.25, 0.3) is 64.4 Å². The van der Waals surface area contributed by atoms with E-state index in [2.05, 4.69) is 221 Å². The number of para-hydroxylation sites is 3. The van der Waals surface area contributed by atoms with Crippen molar-refractivity contribution in [3.05, 3.63) is 209 Å². The van der Waals surface area contributed by atoms with E-state index in [1.807, 2.05) is 11.3 Å². The smallest absolute Gasteiger partial charge is 0.197 e. The SMILES string of the molecule is CC1(C)CCC(C)(C)c2cc(Nc3cc4c(cc3-c3cc5c(sc6ccccc65)c5c3[B]c3cccc6c3N5c3ccccc3C63c5ccccc5-c5ccccc53)oc3ccccc34)ccc21. The molecule has 2 aliphatic carbocycles. The van der Waals surface area contributed by atoms with Gasteiger partial charge >= 0.3 is 0 Å². The van der Waals surface area contributed by atoms with Gasteiger partial charge in [-0.05, 0) is 128 Å². The number of fused-ring (bicyclic) bond motifs is 19. The first kappa shape index (κ1) is 38.7. The minimum atomic E-state index is -0.490.